The van der Waals surface area contributed by atoms with Crippen molar-refractivity contribution >= 4 is 37.5 Å². The predicted molar refractivity (Wildman–Crippen MR) is 102 cm³/mol. The molecule has 1 aromatic heterocycles. The van der Waals surface area contributed by atoms with Crippen molar-refractivity contribution in [3.8, 4) is 0 Å². The van der Waals surface area contributed by atoms with Gasteiger partial charge in [0.2, 0.25) is 15.9 Å². The summed E-state index contributed by atoms with van der Waals surface area (Å²) in [4.78, 5) is 12.8. The minimum Gasteiger partial charge on any atom is -0.326 e. The minimum absolute atomic E-state index is 0.159. The predicted octanol–water partition coefficient (Wildman–Crippen LogP) is 2.83. The second-order valence-electron chi connectivity index (χ2n) is 6.46. The van der Waals surface area contributed by atoms with E-state index in [0.29, 0.717) is 36.5 Å². The zero-order valence-corrected chi connectivity index (χ0v) is 17.0. The molecule has 26 heavy (non-hydrogen) atoms. The largest absolute Gasteiger partial charge is 0.326 e. The first-order valence-electron chi connectivity index (χ1n) is 8.37. The molecule has 2 aromatic rings. The molecule has 7 nitrogen and oxygen atoms in total. The Kier molecular flexibility index (Phi) is 5.50. The number of sulfonamides is 1. The maximum absolute atomic E-state index is 13.0. The van der Waals surface area contributed by atoms with Crippen molar-refractivity contribution < 1.29 is 13.2 Å². The van der Waals surface area contributed by atoms with Crippen LogP contribution in [0.5, 0.6) is 0 Å². The second-order valence-corrected chi connectivity index (χ2v) is 9.25. The molecule has 1 saturated heterocycles. The fraction of sp³-hybridized carbons (Fsp3) is 0.412. The van der Waals surface area contributed by atoms with E-state index in [1.165, 1.54) is 4.31 Å². The van der Waals surface area contributed by atoms with Gasteiger partial charge in [-0.25, -0.2) is 8.42 Å². The first kappa shape index (κ1) is 19.1. The summed E-state index contributed by atoms with van der Waals surface area (Å²) in [5.41, 5.74) is 1.66. The third kappa shape index (κ3) is 3.84. The molecule has 1 atom stereocenters. The van der Waals surface area contributed by atoms with Gasteiger partial charge in [0.25, 0.3) is 0 Å². The summed E-state index contributed by atoms with van der Waals surface area (Å²) < 4.78 is 28.3. The Bertz CT molecular complexity index is 889. The highest BCUT2D eigenvalue weighted by molar-refractivity contribution is 9.10. The van der Waals surface area contributed by atoms with Crippen molar-refractivity contribution in [2.24, 2.45) is 5.92 Å². The van der Waals surface area contributed by atoms with Gasteiger partial charge in [-0.15, -0.1) is 0 Å². The Morgan fingerprint density at radius 2 is 2.00 bits per heavy atom. The lowest BCUT2D eigenvalue weighted by Gasteiger charge is -2.31. The Morgan fingerprint density at radius 1 is 1.31 bits per heavy atom. The maximum Gasteiger partial charge on any atom is 0.246 e. The van der Waals surface area contributed by atoms with E-state index in [2.05, 4.69) is 31.4 Å². The number of nitrogens with one attached hydrogen (secondary N) is 2. The molecule has 2 heterocycles. The number of piperidine rings is 1. The number of H-pyrrole nitrogens is 1. The van der Waals surface area contributed by atoms with Gasteiger partial charge in [0.1, 0.15) is 4.90 Å². The van der Waals surface area contributed by atoms with E-state index in [4.69, 9.17) is 0 Å². The van der Waals surface area contributed by atoms with E-state index in [1.807, 2.05) is 12.1 Å². The molecule has 0 unspecified atom stereocenters. The van der Waals surface area contributed by atoms with Gasteiger partial charge in [0.05, 0.1) is 17.3 Å². The van der Waals surface area contributed by atoms with Crippen LogP contribution >= 0.6 is 15.9 Å². The van der Waals surface area contributed by atoms with Crippen molar-refractivity contribution in [3.05, 3.63) is 40.1 Å². The topological polar surface area (TPSA) is 95.2 Å². The Balaban J connectivity index is 1.74. The zero-order valence-electron chi connectivity index (χ0n) is 14.6. The number of halogens is 1. The number of carbonyl (C=O) groups is 1. The van der Waals surface area contributed by atoms with Gasteiger partial charge in [-0.1, -0.05) is 15.9 Å². The summed E-state index contributed by atoms with van der Waals surface area (Å²) in [6.45, 7) is 3.94. The second kappa shape index (κ2) is 7.50. The van der Waals surface area contributed by atoms with Crippen molar-refractivity contribution in [2.45, 2.75) is 31.6 Å². The summed E-state index contributed by atoms with van der Waals surface area (Å²) >= 11 is 3.35. The normalized spacial score (nSPS) is 18.7. The van der Waals surface area contributed by atoms with Crippen LogP contribution in [0.3, 0.4) is 0 Å². The molecule has 0 bridgehead atoms. The lowest BCUT2D eigenvalue weighted by atomic mass is 9.99. The number of amides is 1. The van der Waals surface area contributed by atoms with Gasteiger partial charge < -0.3 is 5.32 Å². The van der Waals surface area contributed by atoms with Crippen LogP contribution in [0.2, 0.25) is 0 Å². The number of hydrogen-bond donors (Lipinski definition) is 2. The van der Waals surface area contributed by atoms with Gasteiger partial charge in [-0.05, 0) is 51.0 Å². The van der Waals surface area contributed by atoms with E-state index in [1.54, 1.807) is 26.0 Å². The fourth-order valence-corrected chi connectivity index (χ4v) is 5.32. The average molecular weight is 441 g/mol. The van der Waals surface area contributed by atoms with Crippen LogP contribution in [-0.4, -0.2) is 41.9 Å². The minimum atomic E-state index is -3.67. The molecule has 1 aliphatic heterocycles. The zero-order chi connectivity index (χ0) is 18.9. The number of benzene rings is 1. The molecule has 0 spiro atoms. The summed E-state index contributed by atoms with van der Waals surface area (Å²) in [5, 5.41) is 9.56. The lowest BCUT2D eigenvalue weighted by Crippen LogP contribution is -2.43. The Labute approximate surface area is 161 Å². The first-order valence-corrected chi connectivity index (χ1v) is 10.6. The highest BCUT2D eigenvalue weighted by atomic mass is 79.9. The van der Waals surface area contributed by atoms with E-state index in [0.717, 1.165) is 4.47 Å². The van der Waals surface area contributed by atoms with Crippen LogP contribution in [0.15, 0.2) is 33.6 Å². The van der Waals surface area contributed by atoms with Gasteiger partial charge in [-0.3, -0.25) is 9.89 Å². The van der Waals surface area contributed by atoms with E-state index in [9.17, 15) is 13.2 Å². The third-order valence-electron chi connectivity index (χ3n) is 4.53. The molecule has 3 rings (SSSR count). The maximum atomic E-state index is 13.0. The fourth-order valence-electron chi connectivity index (χ4n) is 3.20. The smallest absolute Gasteiger partial charge is 0.246 e. The quantitative estimate of drug-likeness (QED) is 0.763. The number of anilines is 1. The number of aryl methyl sites for hydroxylation is 2. The lowest BCUT2D eigenvalue weighted by molar-refractivity contribution is -0.120. The number of hydrogen-bond acceptors (Lipinski definition) is 4. The first-order chi connectivity index (χ1) is 12.3. The molecule has 9 heteroatoms. The van der Waals surface area contributed by atoms with Crippen LogP contribution < -0.4 is 5.32 Å². The highest BCUT2D eigenvalue weighted by Gasteiger charge is 2.35. The standard InChI is InChI=1S/C17H21BrN4O3S/c1-11-16(12(2)21-20-11)26(24,25)22-9-3-4-13(10-22)17(23)19-15-7-5-14(18)6-8-15/h5-8,13H,3-4,9-10H2,1-2H3,(H,19,23)(H,20,21)/t13-/m0/s1. The number of rotatable bonds is 4. The van der Waals surface area contributed by atoms with Crippen molar-refractivity contribution in [1.82, 2.24) is 14.5 Å². The molecule has 2 N–H and O–H groups in total. The van der Waals surface area contributed by atoms with Gasteiger partial charge in [0.15, 0.2) is 0 Å². The highest BCUT2D eigenvalue weighted by Crippen LogP contribution is 2.27. The molecule has 140 valence electrons. The molecule has 0 radical (unpaired) electrons. The molecular formula is C17H21BrN4O3S. The Hall–Kier alpha value is -1.71. The van der Waals surface area contributed by atoms with Crippen LogP contribution in [-0.2, 0) is 14.8 Å². The summed E-state index contributed by atoms with van der Waals surface area (Å²) in [6, 6.07) is 7.30. The molecule has 1 aliphatic rings. The number of aromatic amines is 1. The molecule has 1 amide bonds. The van der Waals surface area contributed by atoms with E-state index >= 15 is 0 Å². The monoisotopic (exact) mass is 440 g/mol. The molecule has 0 saturated carbocycles. The third-order valence-corrected chi connectivity index (χ3v) is 7.18. The van der Waals surface area contributed by atoms with E-state index < -0.39 is 10.0 Å². The average Bonchev–Trinajstić information content (AvgIpc) is 2.96. The van der Waals surface area contributed by atoms with Crippen molar-refractivity contribution in [2.75, 3.05) is 18.4 Å². The molecular weight excluding hydrogens is 420 g/mol. The summed E-state index contributed by atoms with van der Waals surface area (Å²) in [7, 11) is -3.67. The Morgan fingerprint density at radius 3 is 2.62 bits per heavy atom. The van der Waals surface area contributed by atoms with Crippen LogP contribution in [0.1, 0.15) is 24.2 Å². The molecule has 1 aromatic carbocycles. The summed E-state index contributed by atoms with van der Waals surface area (Å²) in [6.07, 6.45) is 1.31. The van der Waals surface area contributed by atoms with Crippen LogP contribution in [0.4, 0.5) is 5.69 Å². The van der Waals surface area contributed by atoms with Gasteiger partial charge in [0, 0.05) is 23.2 Å². The molecule has 0 aliphatic carbocycles. The summed E-state index contributed by atoms with van der Waals surface area (Å²) in [5.74, 6) is -0.539. The number of carbonyl (C=O) groups excluding carboxylic acids is 1. The number of aromatic nitrogens is 2. The van der Waals surface area contributed by atoms with Crippen molar-refractivity contribution in [1.29, 1.82) is 0 Å². The molecule has 1 fully saturated rings. The van der Waals surface area contributed by atoms with Crippen LogP contribution in [0, 0.1) is 19.8 Å². The van der Waals surface area contributed by atoms with Gasteiger partial charge >= 0.3 is 0 Å². The van der Waals surface area contributed by atoms with Crippen LogP contribution in [0.25, 0.3) is 0 Å². The van der Waals surface area contributed by atoms with Gasteiger partial charge in [-0.2, -0.15) is 9.40 Å². The number of nitrogens with zero attached hydrogens (tertiary/aromatic N) is 2. The van der Waals surface area contributed by atoms with E-state index in [-0.39, 0.29) is 23.3 Å². The van der Waals surface area contributed by atoms with Crippen molar-refractivity contribution in [3.63, 3.8) is 0 Å². The SMILES string of the molecule is Cc1n[nH]c(C)c1S(=O)(=O)N1CCC[C@H](C(=O)Nc2ccc(Br)cc2)C1.